The second-order valence-corrected chi connectivity index (χ2v) is 4.03. The van der Waals surface area contributed by atoms with Gasteiger partial charge in [0, 0.05) is 0 Å². The lowest BCUT2D eigenvalue weighted by atomic mass is 10.1. The largest absolute Gasteiger partial charge is 0.481 e. The molecule has 2 amide bonds. The van der Waals surface area contributed by atoms with E-state index in [1.54, 1.807) is 6.08 Å². The van der Waals surface area contributed by atoms with Gasteiger partial charge in [-0.25, -0.2) is 9.59 Å². The fraction of sp³-hybridized carbons (Fsp3) is 0.545. The molecule has 1 aliphatic carbocycles. The van der Waals surface area contributed by atoms with Gasteiger partial charge >= 0.3 is 18.0 Å². The van der Waals surface area contributed by atoms with Crippen LogP contribution in [0.2, 0.25) is 0 Å². The molecule has 3 N–H and O–H groups in total. The monoisotopic (exact) mass is 256 g/mol. The molecule has 0 saturated carbocycles. The van der Waals surface area contributed by atoms with Gasteiger partial charge < -0.3 is 20.5 Å². The number of carbonyl (C=O) groups excluding carboxylic acids is 2. The maximum absolute atomic E-state index is 11.5. The number of hydrogen-bond acceptors (Lipinski definition) is 4. The van der Waals surface area contributed by atoms with Gasteiger partial charge in [0.1, 0.15) is 6.04 Å². The van der Waals surface area contributed by atoms with Crippen LogP contribution in [-0.4, -0.2) is 42.3 Å². The van der Waals surface area contributed by atoms with Crippen molar-refractivity contribution in [3.8, 4) is 0 Å². The normalized spacial score (nSPS) is 23.2. The minimum absolute atomic E-state index is 0.315. The van der Waals surface area contributed by atoms with Crippen LogP contribution in [0, 0.1) is 5.92 Å². The molecule has 0 fully saturated rings. The Labute approximate surface area is 104 Å². The molecule has 0 saturated heterocycles. The second-order valence-electron chi connectivity index (χ2n) is 4.03. The SMILES string of the molecule is COC(=O)C(C)NC(=O)NC1C=CC(C(=O)O)C1. The Bertz CT molecular complexity index is 380. The maximum Gasteiger partial charge on any atom is 0.328 e. The molecule has 0 aromatic rings. The van der Waals surface area contributed by atoms with Crippen molar-refractivity contribution < 1.29 is 24.2 Å². The van der Waals surface area contributed by atoms with E-state index < -0.39 is 29.9 Å². The van der Waals surface area contributed by atoms with Crippen molar-refractivity contribution in [2.75, 3.05) is 7.11 Å². The Hall–Kier alpha value is -2.05. The van der Waals surface area contributed by atoms with Crippen LogP contribution in [0.4, 0.5) is 4.79 Å². The highest BCUT2D eigenvalue weighted by Crippen LogP contribution is 2.17. The van der Waals surface area contributed by atoms with Crippen LogP contribution in [0.5, 0.6) is 0 Å². The first kappa shape index (κ1) is 14.0. The summed E-state index contributed by atoms with van der Waals surface area (Å²) in [7, 11) is 1.23. The molecule has 3 atom stereocenters. The molecule has 1 rings (SSSR count). The molecule has 7 nitrogen and oxygen atoms in total. The van der Waals surface area contributed by atoms with Crippen LogP contribution in [0.1, 0.15) is 13.3 Å². The van der Waals surface area contributed by atoms with Crippen LogP contribution >= 0.6 is 0 Å². The molecule has 0 aliphatic heterocycles. The zero-order valence-electron chi connectivity index (χ0n) is 10.2. The Morgan fingerprint density at radius 3 is 2.56 bits per heavy atom. The highest BCUT2D eigenvalue weighted by Gasteiger charge is 2.26. The standard InChI is InChI=1S/C11H16N2O5/c1-6(10(16)18-2)12-11(17)13-8-4-3-7(5-8)9(14)15/h3-4,6-8H,5H2,1-2H3,(H,14,15)(H2,12,13,17). The van der Waals surface area contributed by atoms with Crippen molar-refractivity contribution in [2.24, 2.45) is 5.92 Å². The van der Waals surface area contributed by atoms with E-state index in [9.17, 15) is 14.4 Å². The fourth-order valence-corrected chi connectivity index (χ4v) is 1.63. The first-order valence-corrected chi connectivity index (χ1v) is 5.50. The van der Waals surface area contributed by atoms with Crippen LogP contribution < -0.4 is 10.6 Å². The molecular formula is C11H16N2O5. The molecule has 0 radical (unpaired) electrons. The summed E-state index contributed by atoms with van der Waals surface area (Å²) in [5.74, 6) is -2.04. The quantitative estimate of drug-likeness (QED) is 0.480. The number of urea groups is 1. The summed E-state index contributed by atoms with van der Waals surface area (Å²) in [6, 6.07) is -1.62. The average molecular weight is 256 g/mol. The molecule has 0 aromatic heterocycles. The number of aliphatic carboxylic acids is 1. The minimum Gasteiger partial charge on any atom is -0.481 e. The van der Waals surface area contributed by atoms with E-state index in [1.165, 1.54) is 20.1 Å². The highest BCUT2D eigenvalue weighted by molar-refractivity contribution is 5.83. The van der Waals surface area contributed by atoms with Crippen molar-refractivity contribution in [2.45, 2.75) is 25.4 Å². The van der Waals surface area contributed by atoms with Gasteiger partial charge in [-0.05, 0) is 13.3 Å². The third kappa shape index (κ3) is 3.76. The van der Waals surface area contributed by atoms with Crippen molar-refractivity contribution in [1.82, 2.24) is 10.6 Å². The Morgan fingerprint density at radius 2 is 2.06 bits per heavy atom. The molecule has 0 aromatic carbocycles. The van der Waals surface area contributed by atoms with Crippen molar-refractivity contribution in [3.05, 3.63) is 12.2 Å². The topological polar surface area (TPSA) is 105 Å². The Kier molecular flexibility index (Phi) is 4.70. The van der Waals surface area contributed by atoms with Crippen LogP contribution in [0.3, 0.4) is 0 Å². The molecular weight excluding hydrogens is 240 g/mol. The smallest absolute Gasteiger partial charge is 0.328 e. The number of carboxylic acids is 1. The van der Waals surface area contributed by atoms with Crippen LogP contribution in [0.25, 0.3) is 0 Å². The zero-order valence-corrected chi connectivity index (χ0v) is 10.2. The maximum atomic E-state index is 11.5. The van der Waals surface area contributed by atoms with E-state index >= 15 is 0 Å². The summed E-state index contributed by atoms with van der Waals surface area (Å²) < 4.78 is 4.46. The van der Waals surface area contributed by atoms with Gasteiger partial charge in [-0.1, -0.05) is 12.2 Å². The number of carbonyl (C=O) groups is 3. The van der Waals surface area contributed by atoms with E-state index in [2.05, 4.69) is 15.4 Å². The van der Waals surface area contributed by atoms with Gasteiger partial charge in [-0.15, -0.1) is 0 Å². The number of carboxylic acid groups (broad SMARTS) is 1. The van der Waals surface area contributed by atoms with E-state index in [4.69, 9.17) is 5.11 Å². The number of amides is 2. The van der Waals surface area contributed by atoms with E-state index in [-0.39, 0.29) is 6.04 Å². The first-order chi connectivity index (χ1) is 8.43. The van der Waals surface area contributed by atoms with E-state index in [1.807, 2.05) is 0 Å². The lowest BCUT2D eigenvalue weighted by molar-refractivity contribution is -0.142. The third-order valence-electron chi connectivity index (χ3n) is 2.62. The molecule has 100 valence electrons. The zero-order chi connectivity index (χ0) is 13.7. The lowest BCUT2D eigenvalue weighted by Gasteiger charge is -2.15. The number of nitrogens with one attached hydrogen (secondary N) is 2. The fourth-order valence-electron chi connectivity index (χ4n) is 1.63. The highest BCUT2D eigenvalue weighted by atomic mass is 16.5. The molecule has 0 heterocycles. The lowest BCUT2D eigenvalue weighted by Crippen LogP contribution is -2.47. The summed E-state index contributed by atoms with van der Waals surface area (Å²) in [4.78, 5) is 33.3. The van der Waals surface area contributed by atoms with Crippen LogP contribution in [-0.2, 0) is 14.3 Å². The second kappa shape index (κ2) is 6.04. The molecule has 1 aliphatic rings. The summed E-state index contributed by atoms with van der Waals surface area (Å²) in [6.45, 7) is 1.50. The number of methoxy groups -OCH3 is 1. The predicted octanol–water partition coefficient (Wildman–Crippen LogP) is -0.124. The number of rotatable bonds is 4. The molecule has 18 heavy (non-hydrogen) atoms. The number of hydrogen-bond donors (Lipinski definition) is 3. The molecule has 7 heteroatoms. The van der Waals surface area contributed by atoms with Crippen LogP contribution in [0.15, 0.2) is 12.2 Å². The summed E-state index contributed by atoms with van der Waals surface area (Å²) in [5, 5.41) is 13.7. The summed E-state index contributed by atoms with van der Waals surface area (Å²) >= 11 is 0. The Balaban J connectivity index is 2.36. The minimum atomic E-state index is -0.918. The molecule has 3 unspecified atom stereocenters. The summed E-state index contributed by atoms with van der Waals surface area (Å²) in [5.41, 5.74) is 0. The van der Waals surface area contributed by atoms with Gasteiger partial charge in [-0.2, -0.15) is 0 Å². The third-order valence-corrected chi connectivity index (χ3v) is 2.62. The first-order valence-electron chi connectivity index (χ1n) is 5.50. The van der Waals surface area contributed by atoms with Gasteiger partial charge in [-0.3, -0.25) is 4.79 Å². The van der Waals surface area contributed by atoms with Gasteiger partial charge in [0.25, 0.3) is 0 Å². The van der Waals surface area contributed by atoms with Crippen molar-refractivity contribution in [3.63, 3.8) is 0 Å². The Morgan fingerprint density at radius 1 is 1.39 bits per heavy atom. The van der Waals surface area contributed by atoms with E-state index in [0.29, 0.717) is 6.42 Å². The molecule has 0 bridgehead atoms. The van der Waals surface area contributed by atoms with Crippen molar-refractivity contribution in [1.29, 1.82) is 0 Å². The number of esters is 1. The summed E-state index contributed by atoms with van der Waals surface area (Å²) in [6.07, 6.45) is 3.48. The van der Waals surface area contributed by atoms with Gasteiger partial charge in [0.05, 0.1) is 19.1 Å². The van der Waals surface area contributed by atoms with Gasteiger partial charge in [0.2, 0.25) is 0 Å². The van der Waals surface area contributed by atoms with Crippen molar-refractivity contribution >= 4 is 18.0 Å². The van der Waals surface area contributed by atoms with Gasteiger partial charge in [0.15, 0.2) is 0 Å². The van der Waals surface area contributed by atoms with E-state index in [0.717, 1.165) is 0 Å². The predicted molar refractivity (Wildman–Crippen MR) is 61.8 cm³/mol. The average Bonchev–Trinajstić information content (AvgIpc) is 2.76. The number of ether oxygens (including phenoxy) is 1. The molecule has 0 spiro atoms.